The monoisotopic (exact) mass is 282 g/mol. The Hall–Kier alpha value is -2.16. The summed E-state index contributed by atoms with van der Waals surface area (Å²) in [6, 6.07) is 8.69. The van der Waals surface area contributed by atoms with Crippen molar-refractivity contribution in [1.29, 1.82) is 0 Å². The highest BCUT2D eigenvalue weighted by molar-refractivity contribution is 5.94. The summed E-state index contributed by atoms with van der Waals surface area (Å²) in [7, 11) is 0. The van der Waals surface area contributed by atoms with E-state index < -0.39 is 0 Å². The van der Waals surface area contributed by atoms with Crippen molar-refractivity contribution in [3.05, 3.63) is 53.6 Å². The Labute approximate surface area is 124 Å². The molecule has 0 amide bonds. The van der Waals surface area contributed by atoms with Crippen LogP contribution in [0.15, 0.2) is 36.5 Å². The third-order valence-electron chi connectivity index (χ3n) is 4.10. The average Bonchev–Trinajstić information content (AvgIpc) is 2.74. The molecule has 2 nitrogen and oxygen atoms in total. The maximum absolute atomic E-state index is 13.2. The first-order valence-corrected chi connectivity index (χ1v) is 7.33. The molecule has 0 aliphatic carbocycles. The number of hydrogen-bond donors (Lipinski definition) is 0. The summed E-state index contributed by atoms with van der Waals surface area (Å²) in [4.78, 5) is 4.55. The van der Waals surface area contributed by atoms with Crippen molar-refractivity contribution in [1.82, 2.24) is 9.55 Å². The van der Waals surface area contributed by atoms with E-state index in [2.05, 4.69) is 30.3 Å². The number of benzene rings is 1. The average molecular weight is 282 g/mol. The highest BCUT2D eigenvalue weighted by Gasteiger charge is 2.15. The Bertz CT molecular complexity index is 785. The van der Waals surface area contributed by atoms with E-state index in [-0.39, 0.29) is 5.82 Å². The number of aryl methyl sites for hydroxylation is 2. The number of fused-ring (bicyclic) bond motifs is 1. The summed E-state index contributed by atoms with van der Waals surface area (Å²) in [5.74, 6) is -0.208. The smallest absolute Gasteiger partial charge is 0.123 e. The Balaban J connectivity index is 2.32. The Morgan fingerprint density at radius 2 is 1.81 bits per heavy atom. The summed E-state index contributed by atoms with van der Waals surface area (Å²) in [6.07, 6.45) is 2.91. The number of pyridine rings is 1. The Kier molecular flexibility index (Phi) is 3.50. The van der Waals surface area contributed by atoms with Gasteiger partial charge in [-0.2, -0.15) is 0 Å². The van der Waals surface area contributed by atoms with Crippen molar-refractivity contribution in [2.24, 2.45) is 0 Å². The minimum atomic E-state index is -0.208. The van der Waals surface area contributed by atoms with Crippen molar-refractivity contribution in [3.8, 4) is 11.1 Å². The van der Waals surface area contributed by atoms with Gasteiger partial charge in [-0.1, -0.05) is 19.1 Å². The molecule has 21 heavy (non-hydrogen) atoms. The van der Waals surface area contributed by atoms with Gasteiger partial charge in [0.1, 0.15) is 5.82 Å². The summed E-state index contributed by atoms with van der Waals surface area (Å²) in [5.41, 5.74) is 6.82. The van der Waals surface area contributed by atoms with Crippen LogP contribution in [-0.4, -0.2) is 9.55 Å². The van der Waals surface area contributed by atoms with Gasteiger partial charge in [-0.25, -0.2) is 4.39 Å². The van der Waals surface area contributed by atoms with Crippen LogP contribution in [0.4, 0.5) is 4.39 Å². The van der Waals surface area contributed by atoms with Gasteiger partial charge in [0.2, 0.25) is 0 Å². The van der Waals surface area contributed by atoms with Crippen molar-refractivity contribution in [2.75, 3.05) is 0 Å². The molecule has 2 heterocycles. The van der Waals surface area contributed by atoms with Crippen molar-refractivity contribution < 1.29 is 4.39 Å². The van der Waals surface area contributed by atoms with Gasteiger partial charge in [-0.05, 0) is 49.6 Å². The molecule has 3 rings (SSSR count). The minimum Gasteiger partial charge on any atom is -0.343 e. The molecular weight excluding hydrogens is 263 g/mol. The van der Waals surface area contributed by atoms with Crippen LogP contribution in [-0.2, 0) is 6.54 Å². The fourth-order valence-corrected chi connectivity index (χ4v) is 2.91. The van der Waals surface area contributed by atoms with E-state index in [0.29, 0.717) is 0 Å². The largest absolute Gasteiger partial charge is 0.343 e. The van der Waals surface area contributed by atoms with E-state index in [9.17, 15) is 4.39 Å². The van der Waals surface area contributed by atoms with Gasteiger partial charge in [0, 0.05) is 24.0 Å². The fourth-order valence-electron chi connectivity index (χ4n) is 2.91. The van der Waals surface area contributed by atoms with Gasteiger partial charge in [-0.3, -0.25) is 4.98 Å². The minimum absolute atomic E-state index is 0.208. The zero-order valence-corrected chi connectivity index (χ0v) is 12.7. The zero-order valence-electron chi connectivity index (χ0n) is 12.7. The van der Waals surface area contributed by atoms with Gasteiger partial charge < -0.3 is 4.57 Å². The predicted molar refractivity (Wildman–Crippen MR) is 84.9 cm³/mol. The van der Waals surface area contributed by atoms with E-state index >= 15 is 0 Å². The molecule has 3 heteroatoms. The lowest BCUT2D eigenvalue weighted by Gasteiger charge is -2.10. The van der Waals surface area contributed by atoms with Crippen LogP contribution in [0.25, 0.3) is 22.2 Å². The number of nitrogens with zero attached hydrogens (tertiary/aromatic N) is 2. The Morgan fingerprint density at radius 1 is 1.10 bits per heavy atom. The zero-order chi connectivity index (χ0) is 15.0. The van der Waals surface area contributed by atoms with Crippen LogP contribution < -0.4 is 0 Å². The van der Waals surface area contributed by atoms with E-state index in [0.717, 1.165) is 35.1 Å². The number of hydrogen-bond acceptors (Lipinski definition) is 1. The highest BCUT2D eigenvalue weighted by Crippen LogP contribution is 2.32. The van der Waals surface area contributed by atoms with Gasteiger partial charge in [0.25, 0.3) is 0 Å². The van der Waals surface area contributed by atoms with Gasteiger partial charge >= 0.3 is 0 Å². The standard InChI is InChI=1S/C18H19FN2/c1-4-11-21-13(3)12(2)17-18(21)16(9-10-20-17)14-5-7-15(19)8-6-14/h5-10H,4,11H2,1-3H3. The van der Waals surface area contributed by atoms with Gasteiger partial charge in [0.05, 0.1) is 11.0 Å². The summed E-state index contributed by atoms with van der Waals surface area (Å²) in [5, 5.41) is 0. The quantitative estimate of drug-likeness (QED) is 0.670. The molecule has 0 radical (unpaired) electrons. The second-order valence-electron chi connectivity index (χ2n) is 5.42. The molecule has 0 fully saturated rings. The molecule has 0 unspecified atom stereocenters. The molecule has 108 valence electrons. The second-order valence-corrected chi connectivity index (χ2v) is 5.42. The lowest BCUT2D eigenvalue weighted by Crippen LogP contribution is -2.00. The SMILES string of the molecule is CCCn1c(C)c(C)c2nccc(-c3ccc(F)cc3)c21. The van der Waals surface area contributed by atoms with E-state index in [1.807, 2.05) is 24.4 Å². The summed E-state index contributed by atoms with van der Waals surface area (Å²) < 4.78 is 15.5. The number of rotatable bonds is 3. The van der Waals surface area contributed by atoms with E-state index in [1.165, 1.54) is 23.4 Å². The third kappa shape index (κ3) is 2.23. The van der Waals surface area contributed by atoms with E-state index in [1.54, 1.807) is 0 Å². The summed E-state index contributed by atoms with van der Waals surface area (Å²) >= 11 is 0. The molecule has 0 N–H and O–H groups in total. The molecule has 3 aromatic rings. The lowest BCUT2D eigenvalue weighted by molar-refractivity contribution is 0.628. The normalized spacial score (nSPS) is 11.2. The molecule has 0 spiro atoms. The molecular formula is C18H19FN2. The molecule has 0 bridgehead atoms. The van der Waals surface area contributed by atoms with Crippen LogP contribution in [0.3, 0.4) is 0 Å². The first kappa shape index (κ1) is 13.8. The highest BCUT2D eigenvalue weighted by atomic mass is 19.1. The molecule has 2 aromatic heterocycles. The number of halogens is 1. The van der Waals surface area contributed by atoms with Gasteiger partial charge in [-0.15, -0.1) is 0 Å². The number of aromatic nitrogens is 2. The molecule has 0 atom stereocenters. The second kappa shape index (κ2) is 5.32. The van der Waals surface area contributed by atoms with Crippen LogP contribution in [0.2, 0.25) is 0 Å². The summed E-state index contributed by atoms with van der Waals surface area (Å²) in [6.45, 7) is 7.40. The topological polar surface area (TPSA) is 17.8 Å². The van der Waals surface area contributed by atoms with Crippen LogP contribution in [0.1, 0.15) is 24.6 Å². The first-order valence-electron chi connectivity index (χ1n) is 7.33. The fraction of sp³-hybridized carbons (Fsp3) is 0.278. The van der Waals surface area contributed by atoms with E-state index in [4.69, 9.17) is 0 Å². The molecule has 0 aliphatic rings. The van der Waals surface area contributed by atoms with Gasteiger partial charge in [0.15, 0.2) is 0 Å². The molecule has 1 aromatic carbocycles. The molecule has 0 saturated heterocycles. The first-order chi connectivity index (χ1) is 10.1. The van der Waals surface area contributed by atoms with Crippen molar-refractivity contribution in [2.45, 2.75) is 33.7 Å². The van der Waals surface area contributed by atoms with Crippen molar-refractivity contribution >= 4 is 11.0 Å². The third-order valence-corrected chi connectivity index (χ3v) is 4.10. The maximum atomic E-state index is 13.2. The maximum Gasteiger partial charge on any atom is 0.123 e. The van der Waals surface area contributed by atoms with Crippen LogP contribution in [0.5, 0.6) is 0 Å². The predicted octanol–water partition coefficient (Wildman–Crippen LogP) is 4.87. The molecule has 0 saturated carbocycles. The van der Waals surface area contributed by atoms with Crippen LogP contribution in [0, 0.1) is 19.7 Å². The van der Waals surface area contributed by atoms with Crippen LogP contribution >= 0.6 is 0 Å². The van der Waals surface area contributed by atoms with Crippen molar-refractivity contribution in [3.63, 3.8) is 0 Å². The molecule has 0 aliphatic heterocycles. The Morgan fingerprint density at radius 3 is 2.48 bits per heavy atom. The lowest BCUT2D eigenvalue weighted by atomic mass is 10.0.